The summed E-state index contributed by atoms with van der Waals surface area (Å²) in [6.07, 6.45) is 5.14. The number of aryl methyl sites for hydroxylation is 2. The summed E-state index contributed by atoms with van der Waals surface area (Å²) in [5.41, 5.74) is 0.876. The number of unbranched alkanes of at least 4 members (excludes halogenated alkanes) is 1. The monoisotopic (exact) mass is 288 g/mol. The van der Waals surface area contributed by atoms with Crippen LogP contribution in [-0.2, 0) is 6.54 Å². The Hall–Kier alpha value is -0.810. The van der Waals surface area contributed by atoms with E-state index in [2.05, 4.69) is 22.7 Å². The first kappa shape index (κ1) is 15.2. The van der Waals surface area contributed by atoms with Gasteiger partial charge < -0.3 is 10.6 Å². The molecule has 1 aromatic heterocycles. The third-order valence-corrected chi connectivity index (χ3v) is 3.21. The Morgan fingerprint density at radius 1 is 1.39 bits per heavy atom. The van der Waals surface area contributed by atoms with E-state index in [1.54, 1.807) is 0 Å². The molecule has 102 valence electrons. The highest BCUT2D eigenvalue weighted by Crippen LogP contribution is 2.11. The first-order valence-electron chi connectivity index (χ1n) is 6.34. The predicted octanol–water partition coefficient (Wildman–Crippen LogP) is 2.50. The molecular weight excluding hydrogens is 268 g/mol. The first-order chi connectivity index (χ1) is 8.63. The van der Waals surface area contributed by atoms with Gasteiger partial charge in [-0.1, -0.05) is 24.9 Å². The molecule has 0 aliphatic carbocycles. The van der Waals surface area contributed by atoms with Crippen LogP contribution in [0.15, 0.2) is 6.20 Å². The Balaban J connectivity index is 2.09. The van der Waals surface area contributed by atoms with Gasteiger partial charge >= 0.3 is 0 Å². The number of rotatable bonds is 7. The van der Waals surface area contributed by atoms with Gasteiger partial charge in [0.1, 0.15) is 0 Å². The highest BCUT2D eigenvalue weighted by atomic mass is 35.5. The van der Waals surface area contributed by atoms with Gasteiger partial charge in [0, 0.05) is 25.8 Å². The molecule has 0 aliphatic heterocycles. The van der Waals surface area contributed by atoms with Crippen molar-refractivity contribution < 1.29 is 0 Å². The van der Waals surface area contributed by atoms with Gasteiger partial charge in [0.25, 0.3) is 0 Å². The molecule has 1 aromatic rings. The van der Waals surface area contributed by atoms with E-state index in [1.165, 1.54) is 6.42 Å². The smallest absolute Gasteiger partial charge is 0.166 e. The van der Waals surface area contributed by atoms with Gasteiger partial charge in [-0.15, -0.1) is 0 Å². The van der Waals surface area contributed by atoms with E-state index in [0.29, 0.717) is 0 Å². The second kappa shape index (κ2) is 8.32. The zero-order chi connectivity index (χ0) is 13.4. The summed E-state index contributed by atoms with van der Waals surface area (Å²) in [6.45, 7) is 6.70. The summed E-state index contributed by atoms with van der Waals surface area (Å²) in [4.78, 5) is 0. The van der Waals surface area contributed by atoms with Crippen molar-refractivity contribution in [2.24, 2.45) is 0 Å². The number of hydrogen-bond acceptors (Lipinski definition) is 2. The number of nitrogens with one attached hydrogen (secondary N) is 2. The fraction of sp³-hybridized carbons (Fsp3) is 0.667. The number of hydrogen-bond donors (Lipinski definition) is 2. The summed E-state index contributed by atoms with van der Waals surface area (Å²) in [5, 5.41) is 12.1. The Morgan fingerprint density at radius 3 is 2.61 bits per heavy atom. The summed E-state index contributed by atoms with van der Waals surface area (Å²) in [5.74, 6) is 0. The summed E-state index contributed by atoms with van der Waals surface area (Å²) >= 11 is 11.1. The molecule has 0 aliphatic rings. The molecule has 2 N–H and O–H groups in total. The van der Waals surface area contributed by atoms with Crippen molar-refractivity contribution >= 4 is 28.9 Å². The topological polar surface area (TPSA) is 41.9 Å². The van der Waals surface area contributed by atoms with Crippen LogP contribution in [0.4, 0.5) is 0 Å². The number of nitrogens with zero attached hydrogens (tertiary/aromatic N) is 2. The maximum atomic E-state index is 5.93. The minimum Gasteiger partial charge on any atom is -0.363 e. The molecule has 0 amide bonds. The highest BCUT2D eigenvalue weighted by molar-refractivity contribution is 7.80. The van der Waals surface area contributed by atoms with Gasteiger partial charge in [-0.2, -0.15) is 5.10 Å². The molecule has 1 rings (SSSR count). The van der Waals surface area contributed by atoms with Crippen LogP contribution >= 0.6 is 23.8 Å². The Labute approximate surface area is 119 Å². The average Bonchev–Trinajstić information content (AvgIpc) is 2.65. The lowest BCUT2D eigenvalue weighted by molar-refractivity contribution is 0.568. The van der Waals surface area contributed by atoms with Crippen molar-refractivity contribution in [3.63, 3.8) is 0 Å². The van der Waals surface area contributed by atoms with Crippen LogP contribution in [0.3, 0.4) is 0 Å². The maximum Gasteiger partial charge on any atom is 0.166 e. The zero-order valence-corrected chi connectivity index (χ0v) is 12.6. The molecule has 18 heavy (non-hydrogen) atoms. The first-order valence-corrected chi connectivity index (χ1v) is 7.13. The van der Waals surface area contributed by atoms with E-state index < -0.39 is 0 Å². The van der Waals surface area contributed by atoms with Crippen LogP contribution in [0.2, 0.25) is 5.02 Å². The van der Waals surface area contributed by atoms with Crippen molar-refractivity contribution in [3.05, 3.63) is 16.9 Å². The van der Waals surface area contributed by atoms with Gasteiger partial charge in [0.05, 0.1) is 10.7 Å². The fourth-order valence-electron chi connectivity index (χ4n) is 1.49. The van der Waals surface area contributed by atoms with Crippen LogP contribution in [0, 0.1) is 6.92 Å². The molecule has 0 unspecified atom stereocenters. The second-order valence-corrected chi connectivity index (χ2v) is 5.03. The van der Waals surface area contributed by atoms with Crippen molar-refractivity contribution in [1.29, 1.82) is 0 Å². The van der Waals surface area contributed by atoms with E-state index in [1.807, 2.05) is 17.8 Å². The van der Waals surface area contributed by atoms with E-state index >= 15 is 0 Å². The molecule has 0 aromatic carbocycles. The molecule has 0 bridgehead atoms. The van der Waals surface area contributed by atoms with E-state index in [4.69, 9.17) is 23.8 Å². The molecule has 0 radical (unpaired) electrons. The molecule has 0 atom stereocenters. The van der Waals surface area contributed by atoms with Gasteiger partial charge in [0.15, 0.2) is 5.11 Å². The maximum absolute atomic E-state index is 5.93. The fourth-order valence-corrected chi connectivity index (χ4v) is 1.85. The largest absolute Gasteiger partial charge is 0.363 e. The molecule has 6 heteroatoms. The van der Waals surface area contributed by atoms with Crippen molar-refractivity contribution in [2.45, 2.75) is 39.7 Å². The number of halogens is 1. The lowest BCUT2D eigenvalue weighted by Crippen LogP contribution is -2.36. The van der Waals surface area contributed by atoms with Crippen LogP contribution in [0.1, 0.15) is 31.9 Å². The molecule has 0 fully saturated rings. The quantitative estimate of drug-likeness (QED) is 0.598. The summed E-state index contributed by atoms with van der Waals surface area (Å²) in [6, 6.07) is 0. The minimum absolute atomic E-state index is 0.722. The van der Waals surface area contributed by atoms with E-state index in [9.17, 15) is 0 Å². The van der Waals surface area contributed by atoms with Gasteiger partial charge in [-0.05, 0) is 32.0 Å². The van der Waals surface area contributed by atoms with E-state index in [0.717, 1.165) is 48.3 Å². The molecular formula is C12H21ClN4S. The number of thiocarbonyl (C=S) groups is 1. The Bertz CT molecular complexity index is 359. The lowest BCUT2D eigenvalue weighted by atomic mass is 10.3. The molecule has 0 spiro atoms. The van der Waals surface area contributed by atoms with Crippen LogP contribution in [-0.4, -0.2) is 28.0 Å². The van der Waals surface area contributed by atoms with Gasteiger partial charge in [-0.25, -0.2) is 0 Å². The zero-order valence-electron chi connectivity index (χ0n) is 11.0. The predicted molar refractivity (Wildman–Crippen MR) is 80.1 cm³/mol. The van der Waals surface area contributed by atoms with Crippen LogP contribution in [0.25, 0.3) is 0 Å². The van der Waals surface area contributed by atoms with Crippen molar-refractivity contribution in [2.75, 3.05) is 13.1 Å². The van der Waals surface area contributed by atoms with Crippen LogP contribution in [0.5, 0.6) is 0 Å². The molecule has 0 saturated heterocycles. The van der Waals surface area contributed by atoms with Crippen molar-refractivity contribution in [1.82, 2.24) is 20.4 Å². The molecule has 1 heterocycles. The van der Waals surface area contributed by atoms with Gasteiger partial charge in [-0.3, -0.25) is 4.68 Å². The second-order valence-electron chi connectivity index (χ2n) is 4.22. The Morgan fingerprint density at radius 2 is 2.06 bits per heavy atom. The van der Waals surface area contributed by atoms with Gasteiger partial charge in [0.2, 0.25) is 0 Å². The average molecular weight is 289 g/mol. The summed E-state index contributed by atoms with van der Waals surface area (Å²) < 4.78 is 1.87. The third kappa shape index (κ3) is 5.69. The Kier molecular flexibility index (Phi) is 7.05. The van der Waals surface area contributed by atoms with Crippen LogP contribution < -0.4 is 10.6 Å². The van der Waals surface area contributed by atoms with Crippen molar-refractivity contribution in [3.8, 4) is 0 Å². The number of aromatic nitrogens is 2. The normalized spacial score (nSPS) is 10.4. The highest BCUT2D eigenvalue weighted by Gasteiger charge is 2.01. The SMILES string of the molecule is CCCCNC(=S)NCCCn1cc(Cl)c(C)n1. The lowest BCUT2D eigenvalue weighted by Gasteiger charge is -2.09. The third-order valence-electron chi connectivity index (χ3n) is 2.55. The van der Waals surface area contributed by atoms with E-state index in [-0.39, 0.29) is 0 Å². The standard InChI is InChI=1S/C12H21ClN4S/c1-3-4-6-14-12(18)15-7-5-8-17-9-11(13)10(2)16-17/h9H,3-8H2,1-2H3,(H2,14,15,18). The minimum atomic E-state index is 0.722. The summed E-state index contributed by atoms with van der Waals surface area (Å²) in [7, 11) is 0. The molecule has 0 saturated carbocycles. The molecule has 4 nitrogen and oxygen atoms in total.